The van der Waals surface area contributed by atoms with E-state index in [1.165, 1.54) is 122 Å². The Labute approximate surface area is 524 Å². The van der Waals surface area contributed by atoms with Gasteiger partial charge in [-0.15, -0.1) is 0 Å². The Morgan fingerprint density at radius 3 is 0.826 bits per heavy atom. The Morgan fingerprint density at radius 1 is 0.326 bits per heavy atom. The number of carbonyl (C=O) groups excluding carboxylic acids is 4. The zero-order chi connectivity index (χ0) is 63.9. The molecule has 0 aliphatic rings. The molecule has 0 amide bonds. The van der Waals surface area contributed by atoms with Crippen molar-refractivity contribution < 1.29 is 80.2 Å². The largest absolute Gasteiger partial charge is 0.472 e. The highest BCUT2D eigenvalue weighted by molar-refractivity contribution is 7.47. The van der Waals surface area contributed by atoms with E-state index in [4.69, 9.17) is 37.0 Å². The van der Waals surface area contributed by atoms with E-state index in [0.717, 1.165) is 108 Å². The Morgan fingerprint density at radius 2 is 0.558 bits per heavy atom. The van der Waals surface area contributed by atoms with Crippen LogP contribution >= 0.6 is 15.6 Å². The van der Waals surface area contributed by atoms with Crippen LogP contribution in [-0.4, -0.2) is 96.7 Å². The van der Waals surface area contributed by atoms with Gasteiger partial charge in [-0.2, -0.15) is 0 Å². The predicted molar refractivity (Wildman–Crippen MR) is 344 cm³/mol. The van der Waals surface area contributed by atoms with Crippen LogP contribution in [0.5, 0.6) is 0 Å². The number of rotatable bonds is 64. The van der Waals surface area contributed by atoms with Crippen molar-refractivity contribution in [3.8, 4) is 0 Å². The van der Waals surface area contributed by atoms with Gasteiger partial charge < -0.3 is 33.8 Å². The maximum absolute atomic E-state index is 13.0. The number of ether oxygens (including phenoxy) is 4. The van der Waals surface area contributed by atoms with E-state index in [9.17, 15) is 43.2 Å². The standard InChI is InChI=1S/C67H130O17P2/c1-9-60(8)46-38-30-22-14-10-11-15-24-33-41-49-66(71)83-62(54-78-65(70)48-40-32-25-17-20-28-36-44-58(4)5)55-81-85(73,74)79-51-61(68)52-80-86(75,76)82-56-63(84-67(72)50-42-34-26-18-21-29-37-45-59(6)7)53-77-64(69)47-39-31-23-16-12-13-19-27-35-43-57(2)3/h57-63,68H,9-56H2,1-8H3,(H,73,74)(H,75,76)/t60?,61?,62-,63-/m1/s1. The Bertz CT molecular complexity index is 1720. The second-order valence-electron chi connectivity index (χ2n) is 25.9. The van der Waals surface area contributed by atoms with Crippen molar-refractivity contribution in [1.82, 2.24) is 0 Å². The number of aliphatic hydroxyl groups is 1. The highest BCUT2D eigenvalue weighted by Crippen LogP contribution is 2.45. The van der Waals surface area contributed by atoms with Gasteiger partial charge in [-0.1, -0.05) is 274 Å². The average Bonchev–Trinajstić information content (AvgIpc) is 3.64. The minimum Gasteiger partial charge on any atom is -0.462 e. The number of hydrogen-bond acceptors (Lipinski definition) is 15. The molecular weight excluding hydrogens is 1140 g/mol. The molecule has 0 aromatic heterocycles. The summed E-state index contributed by atoms with van der Waals surface area (Å²) >= 11 is 0. The summed E-state index contributed by atoms with van der Waals surface area (Å²) in [6.07, 6.45) is 37.7. The smallest absolute Gasteiger partial charge is 0.462 e. The number of hydrogen-bond donors (Lipinski definition) is 3. The lowest BCUT2D eigenvalue weighted by atomic mass is 9.99. The van der Waals surface area contributed by atoms with Crippen molar-refractivity contribution in [1.29, 1.82) is 0 Å². The van der Waals surface area contributed by atoms with Crippen LogP contribution in [0.25, 0.3) is 0 Å². The molecule has 0 aromatic carbocycles. The number of phosphoric ester groups is 2. The second kappa shape index (κ2) is 57.0. The third-order valence-electron chi connectivity index (χ3n) is 15.7. The molecule has 0 spiro atoms. The molecule has 3 N–H and O–H groups in total. The van der Waals surface area contributed by atoms with Gasteiger partial charge in [-0.3, -0.25) is 37.3 Å². The fraction of sp³-hybridized carbons (Fsp3) is 0.940. The van der Waals surface area contributed by atoms with Gasteiger partial charge in [0.15, 0.2) is 12.2 Å². The van der Waals surface area contributed by atoms with E-state index in [2.05, 4.69) is 55.4 Å². The van der Waals surface area contributed by atoms with Crippen LogP contribution in [0.1, 0.15) is 325 Å². The van der Waals surface area contributed by atoms with E-state index in [1.807, 2.05) is 0 Å². The summed E-state index contributed by atoms with van der Waals surface area (Å²) in [4.78, 5) is 72.4. The quantitative estimate of drug-likeness (QED) is 0.0222. The van der Waals surface area contributed by atoms with Gasteiger partial charge in [-0.05, 0) is 49.4 Å². The molecule has 0 bridgehead atoms. The van der Waals surface area contributed by atoms with Crippen LogP contribution in [-0.2, 0) is 65.4 Å². The zero-order valence-corrected chi connectivity index (χ0v) is 57.7. The molecule has 0 radical (unpaired) electrons. The maximum Gasteiger partial charge on any atom is 0.472 e. The molecule has 0 aliphatic heterocycles. The first kappa shape index (κ1) is 84.1. The van der Waals surface area contributed by atoms with Gasteiger partial charge >= 0.3 is 39.5 Å². The average molecular weight is 1270 g/mol. The van der Waals surface area contributed by atoms with Crippen LogP contribution < -0.4 is 0 Å². The van der Waals surface area contributed by atoms with Crippen LogP contribution in [0.2, 0.25) is 0 Å². The first-order valence-electron chi connectivity index (χ1n) is 34.7. The predicted octanol–water partition coefficient (Wildman–Crippen LogP) is 18.5. The molecule has 0 aliphatic carbocycles. The van der Waals surface area contributed by atoms with Crippen molar-refractivity contribution in [2.45, 2.75) is 343 Å². The summed E-state index contributed by atoms with van der Waals surface area (Å²) in [5.74, 6) is 0.811. The normalized spacial score (nSPS) is 14.7. The van der Waals surface area contributed by atoms with Gasteiger partial charge in [0.25, 0.3) is 0 Å². The highest BCUT2D eigenvalue weighted by atomic mass is 31.2. The summed E-state index contributed by atoms with van der Waals surface area (Å²) in [5.41, 5.74) is 0. The summed E-state index contributed by atoms with van der Waals surface area (Å²) in [7, 11) is -9.90. The van der Waals surface area contributed by atoms with E-state index in [1.54, 1.807) is 0 Å². The number of esters is 4. The van der Waals surface area contributed by atoms with Crippen molar-refractivity contribution in [3.63, 3.8) is 0 Å². The minimum atomic E-state index is -4.95. The van der Waals surface area contributed by atoms with Crippen molar-refractivity contribution in [2.75, 3.05) is 39.6 Å². The van der Waals surface area contributed by atoms with Crippen molar-refractivity contribution in [3.05, 3.63) is 0 Å². The molecule has 0 saturated carbocycles. The van der Waals surface area contributed by atoms with Crippen LogP contribution in [0.3, 0.4) is 0 Å². The third-order valence-corrected chi connectivity index (χ3v) is 17.6. The number of carbonyl (C=O) groups is 4. The van der Waals surface area contributed by atoms with Crippen LogP contribution in [0.15, 0.2) is 0 Å². The van der Waals surface area contributed by atoms with E-state index in [0.29, 0.717) is 37.5 Å². The molecule has 6 atom stereocenters. The maximum atomic E-state index is 13.0. The third kappa shape index (κ3) is 59.7. The molecule has 4 unspecified atom stereocenters. The van der Waals surface area contributed by atoms with Crippen LogP contribution in [0.4, 0.5) is 0 Å². The fourth-order valence-corrected chi connectivity index (χ4v) is 11.5. The van der Waals surface area contributed by atoms with Crippen molar-refractivity contribution >= 4 is 39.5 Å². The second-order valence-corrected chi connectivity index (χ2v) is 28.8. The lowest BCUT2D eigenvalue weighted by molar-refractivity contribution is -0.161. The lowest BCUT2D eigenvalue weighted by Gasteiger charge is -2.21. The van der Waals surface area contributed by atoms with E-state index < -0.39 is 97.5 Å². The summed E-state index contributed by atoms with van der Waals surface area (Å²) < 4.78 is 68.1. The molecule has 510 valence electrons. The Kier molecular flexibility index (Phi) is 55.7. The summed E-state index contributed by atoms with van der Waals surface area (Å²) in [6, 6.07) is 0. The molecule has 0 rings (SSSR count). The Balaban J connectivity index is 5.25. The fourth-order valence-electron chi connectivity index (χ4n) is 9.93. The Hall–Kier alpha value is -1.94. The van der Waals surface area contributed by atoms with Gasteiger partial charge in [-0.25, -0.2) is 9.13 Å². The first-order valence-corrected chi connectivity index (χ1v) is 37.7. The zero-order valence-electron chi connectivity index (χ0n) is 55.9. The summed E-state index contributed by atoms with van der Waals surface area (Å²) in [5, 5.41) is 10.6. The number of aliphatic hydroxyl groups excluding tert-OH is 1. The number of unbranched alkanes of at least 4 members (excludes halogenated alkanes) is 29. The molecule has 19 heteroatoms. The molecule has 0 saturated heterocycles. The molecule has 0 aromatic rings. The van der Waals surface area contributed by atoms with E-state index in [-0.39, 0.29) is 25.7 Å². The van der Waals surface area contributed by atoms with Crippen molar-refractivity contribution in [2.24, 2.45) is 23.7 Å². The van der Waals surface area contributed by atoms with Gasteiger partial charge in [0.1, 0.15) is 19.3 Å². The molecular formula is C67H130O17P2. The summed E-state index contributed by atoms with van der Waals surface area (Å²) in [6.45, 7) is 14.0. The lowest BCUT2D eigenvalue weighted by Crippen LogP contribution is -2.30. The van der Waals surface area contributed by atoms with Gasteiger partial charge in [0.2, 0.25) is 0 Å². The monoisotopic (exact) mass is 1270 g/mol. The first-order chi connectivity index (χ1) is 41.1. The number of phosphoric acid groups is 2. The molecule has 86 heavy (non-hydrogen) atoms. The van der Waals surface area contributed by atoms with Gasteiger partial charge in [0.05, 0.1) is 26.4 Å². The topological polar surface area (TPSA) is 237 Å². The van der Waals surface area contributed by atoms with E-state index >= 15 is 0 Å². The van der Waals surface area contributed by atoms with Gasteiger partial charge in [0, 0.05) is 25.7 Å². The highest BCUT2D eigenvalue weighted by Gasteiger charge is 2.30. The molecule has 0 fully saturated rings. The SMILES string of the molecule is CCC(C)CCCCCCCCCCCCC(=O)O[C@H](COC(=O)CCCCCCCCCC(C)C)COP(=O)(O)OCC(O)COP(=O)(O)OC[C@@H](COC(=O)CCCCCCCCCCCC(C)C)OC(=O)CCCCCCCCCC(C)C. The molecule has 17 nitrogen and oxygen atoms in total. The van der Waals surface area contributed by atoms with Crippen LogP contribution in [0, 0.1) is 23.7 Å². The minimum absolute atomic E-state index is 0.102. The molecule has 0 heterocycles.